The zero-order valence-corrected chi connectivity index (χ0v) is 15.4. The third-order valence-electron chi connectivity index (χ3n) is 5.02. The first-order valence-corrected chi connectivity index (χ1v) is 8.98. The molecule has 138 valence electrons. The maximum absolute atomic E-state index is 13.0. The Morgan fingerprint density at radius 1 is 1.15 bits per heavy atom. The lowest BCUT2D eigenvalue weighted by Gasteiger charge is -2.33. The van der Waals surface area contributed by atoms with Gasteiger partial charge in [0.1, 0.15) is 12.0 Å². The molecule has 1 unspecified atom stereocenters. The van der Waals surface area contributed by atoms with E-state index in [1.54, 1.807) is 31.1 Å². The lowest BCUT2D eigenvalue weighted by Crippen LogP contribution is -2.40. The maximum Gasteiger partial charge on any atom is 0.257 e. The Morgan fingerprint density at radius 2 is 2.00 bits per heavy atom. The number of carbonyl (C=O) groups excluding carboxylic acids is 1. The highest BCUT2D eigenvalue weighted by Crippen LogP contribution is 2.32. The van der Waals surface area contributed by atoms with Gasteiger partial charge in [0.15, 0.2) is 0 Å². The second kappa shape index (κ2) is 7.22. The summed E-state index contributed by atoms with van der Waals surface area (Å²) in [4.78, 5) is 36.3. The highest BCUT2D eigenvalue weighted by molar-refractivity contribution is 5.95. The number of imidazole rings is 1. The number of hydrogen-bond donors (Lipinski definition) is 0. The molecule has 1 amide bonds. The summed E-state index contributed by atoms with van der Waals surface area (Å²) in [6, 6.07) is 0. The minimum atomic E-state index is -0.0243. The van der Waals surface area contributed by atoms with Crippen molar-refractivity contribution in [3.05, 3.63) is 54.4 Å². The van der Waals surface area contributed by atoms with Crippen LogP contribution in [-0.4, -0.2) is 53.4 Å². The van der Waals surface area contributed by atoms with E-state index in [1.165, 1.54) is 6.33 Å². The zero-order chi connectivity index (χ0) is 18.8. The Bertz CT molecular complexity index is 968. The second-order valence-corrected chi connectivity index (χ2v) is 6.79. The molecule has 8 nitrogen and oxygen atoms in total. The van der Waals surface area contributed by atoms with Crippen LogP contribution in [0.2, 0.25) is 0 Å². The predicted molar refractivity (Wildman–Crippen MR) is 98.9 cm³/mol. The van der Waals surface area contributed by atoms with Gasteiger partial charge in [-0.15, -0.1) is 0 Å². The fourth-order valence-electron chi connectivity index (χ4n) is 3.59. The molecule has 0 aliphatic carbocycles. The summed E-state index contributed by atoms with van der Waals surface area (Å²) in [5, 5.41) is 0. The third kappa shape index (κ3) is 3.30. The number of amides is 1. The monoisotopic (exact) mass is 363 g/mol. The van der Waals surface area contributed by atoms with E-state index in [0.717, 1.165) is 36.5 Å². The van der Waals surface area contributed by atoms with Crippen molar-refractivity contribution in [2.75, 3.05) is 13.1 Å². The molecule has 0 bridgehead atoms. The van der Waals surface area contributed by atoms with Gasteiger partial charge >= 0.3 is 0 Å². The standard InChI is InChI=1S/C19H21N7O/c1-13-15(8-20-11-24-13)19(27)26-7-3-4-14(10-26)17-18(23-6-5-22-17)16-9-21-12-25(16)2/h5-6,8-9,11-12,14H,3-4,7,10H2,1-2H3. The molecule has 1 aliphatic heterocycles. The van der Waals surface area contributed by atoms with E-state index >= 15 is 0 Å². The van der Waals surface area contributed by atoms with Crippen LogP contribution in [0.15, 0.2) is 37.4 Å². The summed E-state index contributed by atoms with van der Waals surface area (Å²) in [6.07, 6.45) is 11.9. The van der Waals surface area contributed by atoms with Gasteiger partial charge in [-0.25, -0.2) is 15.0 Å². The molecule has 27 heavy (non-hydrogen) atoms. The number of aryl methyl sites for hydroxylation is 2. The average Bonchev–Trinajstić information content (AvgIpc) is 3.14. The first kappa shape index (κ1) is 17.3. The molecule has 0 aromatic carbocycles. The first-order valence-electron chi connectivity index (χ1n) is 8.98. The number of carbonyl (C=O) groups is 1. The fourth-order valence-corrected chi connectivity index (χ4v) is 3.59. The number of hydrogen-bond acceptors (Lipinski definition) is 6. The molecule has 0 saturated carbocycles. The SMILES string of the molecule is Cc1ncncc1C(=O)N1CCCC(c2nccnc2-c2cncn2C)C1. The topological polar surface area (TPSA) is 89.7 Å². The van der Waals surface area contributed by atoms with Crippen LogP contribution < -0.4 is 0 Å². The molecule has 1 fully saturated rings. The summed E-state index contributed by atoms with van der Waals surface area (Å²) < 4.78 is 1.93. The van der Waals surface area contributed by atoms with Crippen LogP contribution in [0, 0.1) is 6.92 Å². The zero-order valence-electron chi connectivity index (χ0n) is 15.4. The van der Waals surface area contributed by atoms with E-state index in [2.05, 4.69) is 24.9 Å². The average molecular weight is 363 g/mol. The number of piperidine rings is 1. The van der Waals surface area contributed by atoms with Crippen molar-refractivity contribution in [3.8, 4) is 11.4 Å². The Hall–Kier alpha value is -3.16. The molecule has 4 rings (SSSR count). The Kier molecular flexibility index (Phi) is 4.62. The van der Waals surface area contributed by atoms with Gasteiger partial charge in [0.2, 0.25) is 0 Å². The summed E-state index contributed by atoms with van der Waals surface area (Å²) in [5.74, 6) is 0.106. The molecule has 4 heterocycles. The van der Waals surface area contributed by atoms with E-state index in [0.29, 0.717) is 17.8 Å². The highest BCUT2D eigenvalue weighted by Gasteiger charge is 2.29. The van der Waals surface area contributed by atoms with E-state index < -0.39 is 0 Å². The lowest BCUT2D eigenvalue weighted by atomic mass is 9.92. The molecule has 1 saturated heterocycles. The molecule has 0 spiro atoms. The van der Waals surface area contributed by atoms with Gasteiger partial charge in [-0.1, -0.05) is 0 Å². The van der Waals surface area contributed by atoms with Crippen LogP contribution in [-0.2, 0) is 7.05 Å². The van der Waals surface area contributed by atoms with Gasteiger partial charge in [0, 0.05) is 44.6 Å². The van der Waals surface area contributed by atoms with Crippen molar-refractivity contribution in [1.82, 2.24) is 34.4 Å². The van der Waals surface area contributed by atoms with Gasteiger partial charge in [-0.2, -0.15) is 0 Å². The molecular weight excluding hydrogens is 342 g/mol. The molecule has 1 atom stereocenters. The van der Waals surface area contributed by atoms with Crippen LogP contribution in [0.3, 0.4) is 0 Å². The molecule has 3 aromatic heterocycles. The molecule has 1 aliphatic rings. The van der Waals surface area contributed by atoms with Gasteiger partial charge < -0.3 is 9.47 Å². The van der Waals surface area contributed by atoms with Crippen molar-refractivity contribution in [2.45, 2.75) is 25.7 Å². The van der Waals surface area contributed by atoms with Crippen LogP contribution in [0.25, 0.3) is 11.4 Å². The smallest absolute Gasteiger partial charge is 0.257 e. The first-order chi connectivity index (χ1) is 13.1. The molecule has 3 aromatic rings. The van der Waals surface area contributed by atoms with Crippen LogP contribution in [0.4, 0.5) is 0 Å². The number of nitrogens with zero attached hydrogens (tertiary/aromatic N) is 7. The summed E-state index contributed by atoms with van der Waals surface area (Å²) in [6.45, 7) is 3.17. The summed E-state index contributed by atoms with van der Waals surface area (Å²) >= 11 is 0. The second-order valence-electron chi connectivity index (χ2n) is 6.79. The largest absolute Gasteiger partial charge is 0.338 e. The quantitative estimate of drug-likeness (QED) is 0.707. The van der Waals surface area contributed by atoms with Crippen molar-refractivity contribution < 1.29 is 4.79 Å². The molecule has 0 N–H and O–H groups in total. The van der Waals surface area contributed by atoms with Crippen molar-refractivity contribution in [3.63, 3.8) is 0 Å². The van der Waals surface area contributed by atoms with Crippen LogP contribution >= 0.6 is 0 Å². The Labute approximate surface area is 157 Å². The van der Waals surface area contributed by atoms with Gasteiger partial charge in [-0.3, -0.25) is 14.8 Å². The minimum absolute atomic E-state index is 0.0243. The predicted octanol–water partition coefficient (Wildman–Crippen LogP) is 2.00. The molecule has 8 heteroatoms. The van der Waals surface area contributed by atoms with E-state index in [4.69, 9.17) is 0 Å². The lowest BCUT2D eigenvalue weighted by molar-refractivity contribution is 0.0704. The highest BCUT2D eigenvalue weighted by atomic mass is 16.2. The summed E-state index contributed by atoms with van der Waals surface area (Å²) in [5.41, 5.74) is 3.93. The van der Waals surface area contributed by atoms with Gasteiger partial charge in [0.25, 0.3) is 5.91 Å². The van der Waals surface area contributed by atoms with E-state index in [9.17, 15) is 4.79 Å². The van der Waals surface area contributed by atoms with Crippen molar-refractivity contribution in [2.24, 2.45) is 7.05 Å². The third-order valence-corrected chi connectivity index (χ3v) is 5.02. The normalized spacial score (nSPS) is 17.1. The van der Waals surface area contributed by atoms with Gasteiger partial charge in [-0.05, 0) is 19.8 Å². The number of aromatic nitrogens is 6. The molecular formula is C19H21N7O. The van der Waals surface area contributed by atoms with E-state index in [1.807, 2.05) is 23.4 Å². The Balaban J connectivity index is 1.62. The maximum atomic E-state index is 13.0. The number of rotatable bonds is 3. The fraction of sp³-hybridized carbons (Fsp3) is 0.368. The molecule has 0 radical (unpaired) electrons. The van der Waals surface area contributed by atoms with Crippen molar-refractivity contribution >= 4 is 5.91 Å². The van der Waals surface area contributed by atoms with Crippen LogP contribution in [0.5, 0.6) is 0 Å². The minimum Gasteiger partial charge on any atom is -0.338 e. The summed E-state index contributed by atoms with van der Waals surface area (Å²) in [7, 11) is 1.94. The Morgan fingerprint density at radius 3 is 2.78 bits per heavy atom. The van der Waals surface area contributed by atoms with Crippen LogP contribution in [0.1, 0.15) is 40.5 Å². The van der Waals surface area contributed by atoms with Gasteiger partial charge in [0.05, 0.1) is 35.2 Å². The van der Waals surface area contributed by atoms with E-state index in [-0.39, 0.29) is 11.8 Å². The number of likely N-dealkylation sites (tertiary alicyclic amines) is 1. The van der Waals surface area contributed by atoms with Crippen molar-refractivity contribution in [1.29, 1.82) is 0 Å².